The number of halogens is 1. The van der Waals surface area contributed by atoms with Crippen LogP contribution in [0.4, 0.5) is 11.6 Å². The van der Waals surface area contributed by atoms with E-state index in [1.54, 1.807) is 0 Å². The van der Waals surface area contributed by atoms with E-state index < -0.39 is 0 Å². The summed E-state index contributed by atoms with van der Waals surface area (Å²) < 4.78 is 0.846. The maximum Gasteiger partial charge on any atom is 0.255 e. The van der Waals surface area contributed by atoms with Gasteiger partial charge in [-0.25, -0.2) is 9.97 Å². The topological polar surface area (TPSA) is 52.6 Å². The summed E-state index contributed by atoms with van der Waals surface area (Å²) in [5, 5.41) is 0. The number of piperazine rings is 1. The lowest BCUT2D eigenvalue weighted by Crippen LogP contribution is -2.49. The zero-order valence-corrected chi connectivity index (χ0v) is 17.2. The Morgan fingerprint density at radius 1 is 0.926 bits per heavy atom. The van der Waals surface area contributed by atoms with Crippen molar-refractivity contribution in [2.45, 2.75) is 19.8 Å². The molecule has 0 saturated carbocycles. The first-order chi connectivity index (χ1) is 13.1. The van der Waals surface area contributed by atoms with Crippen LogP contribution < -0.4 is 9.80 Å². The van der Waals surface area contributed by atoms with Gasteiger partial charge in [0.25, 0.3) is 5.91 Å². The highest BCUT2D eigenvalue weighted by Crippen LogP contribution is 2.24. The third-order valence-electron chi connectivity index (χ3n) is 5.24. The van der Waals surface area contributed by atoms with Crippen LogP contribution in [0.25, 0.3) is 0 Å². The van der Waals surface area contributed by atoms with E-state index in [-0.39, 0.29) is 5.91 Å². The van der Waals surface area contributed by atoms with E-state index in [0.29, 0.717) is 13.1 Å². The molecule has 0 unspecified atom stereocenters. The lowest BCUT2D eigenvalue weighted by atomic mass is 10.2. The second kappa shape index (κ2) is 7.84. The van der Waals surface area contributed by atoms with Crippen LogP contribution in [0.1, 0.15) is 29.0 Å². The van der Waals surface area contributed by atoms with E-state index in [2.05, 4.69) is 41.8 Å². The lowest BCUT2D eigenvalue weighted by Gasteiger charge is -2.36. The first-order valence-corrected chi connectivity index (χ1v) is 10.3. The zero-order chi connectivity index (χ0) is 18.8. The van der Waals surface area contributed by atoms with Gasteiger partial charge in [-0.05, 0) is 47.8 Å². The molecule has 0 spiro atoms. The Morgan fingerprint density at radius 2 is 1.52 bits per heavy atom. The Morgan fingerprint density at radius 3 is 2.15 bits per heavy atom. The highest BCUT2D eigenvalue weighted by atomic mass is 79.9. The van der Waals surface area contributed by atoms with Crippen molar-refractivity contribution in [1.29, 1.82) is 0 Å². The van der Waals surface area contributed by atoms with Gasteiger partial charge in [-0.3, -0.25) is 4.79 Å². The largest absolute Gasteiger partial charge is 0.356 e. The predicted octanol–water partition coefficient (Wildman–Crippen LogP) is 3.11. The van der Waals surface area contributed by atoms with Crippen LogP contribution >= 0.6 is 15.9 Å². The molecule has 2 aromatic rings. The van der Waals surface area contributed by atoms with Crippen LogP contribution in [0.5, 0.6) is 0 Å². The second-order valence-corrected chi connectivity index (χ2v) is 7.94. The summed E-state index contributed by atoms with van der Waals surface area (Å²) in [5.74, 6) is 2.89. The Hall–Kier alpha value is -2.15. The summed E-state index contributed by atoms with van der Waals surface area (Å²) in [6, 6.07) is 9.71. The summed E-state index contributed by atoms with van der Waals surface area (Å²) in [5.41, 5.74) is 0.722. The number of hydrogen-bond acceptors (Lipinski definition) is 5. The van der Waals surface area contributed by atoms with E-state index in [4.69, 9.17) is 0 Å². The molecule has 2 fully saturated rings. The van der Waals surface area contributed by atoms with Gasteiger partial charge in [0.2, 0.25) is 0 Å². The molecule has 0 radical (unpaired) electrons. The molecule has 3 heterocycles. The minimum absolute atomic E-state index is 0.0822. The molecule has 2 aliphatic rings. The number of aryl methyl sites for hydroxylation is 1. The molecule has 27 heavy (non-hydrogen) atoms. The van der Waals surface area contributed by atoms with Crippen molar-refractivity contribution in [3.8, 4) is 0 Å². The molecule has 2 aliphatic heterocycles. The number of hydrogen-bond donors (Lipinski definition) is 0. The highest BCUT2D eigenvalue weighted by Gasteiger charge is 2.25. The number of rotatable bonds is 3. The van der Waals surface area contributed by atoms with Gasteiger partial charge in [0, 0.05) is 49.8 Å². The summed E-state index contributed by atoms with van der Waals surface area (Å²) in [6.45, 7) is 7.06. The van der Waals surface area contributed by atoms with Crippen molar-refractivity contribution < 1.29 is 4.79 Å². The Balaban J connectivity index is 1.45. The van der Waals surface area contributed by atoms with Crippen molar-refractivity contribution in [2.24, 2.45) is 0 Å². The average Bonchev–Trinajstić information content (AvgIpc) is 3.22. The van der Waals surface area contributed by atoms with E-state index in [0.717, 1.165) is 53.7 Å². The van der Waals surface area contributed by atoms with E-state index in [1.165, 1.54) is 12.8 Å². The second-order valence-electron chi connectivity index (χ2n) is 7.08. The lowest BCUT2D eigenvalue weighted by molar-refractivity contribution is 0.0745. The molecule has 0 aliphatic carbocycles. The van der Waals surface area contributed by atoms with Gasteiger partial charge >= 0.3 is 0 Å². The van der Waals surface area contributed by atoms with Crippen LogP contribution in [-0.4, -0.2) is 60.0 Å². The number of amides is 1. The SMILES string of the molecule is Cc1nc(N2CCCC2)cc(N2CCN(C(=O)c3ccccc3Br)CC2)n1. The van der Waals surface area contributed by atoms with Gasteiger partial charge < -0.3 is 14.7 Å². The molecule has 142 valence electrons. The number of anilines is 2. The van der Waals surface area contributed by atoms with Gasteiger partial charge in [0.05, 0.1) is 5.56 Å². The average molecular weight is 430 g/mol. The van der Waals surface area contributed by atoms with Crippen molar-refractivity contribution in [1.82, 2.24) is 14.9 Å². The molecule has 6 nitrogen and oxygen atoms in total. The molecule has 1 aromatic heterocycles. The summed E-state index contributed by atoms with van der Waals surface area (Å²) in [6.07, 6.45) is 2.46. The molecule has 0 N–H and O–H groups in total. The molecular weight excluding hydrogens is 406 g/mol. The Bertz CT molecular complexity index is 829. The fraction of sp³-hybridized carbons (Fsp3) is 0.450. The Labute approximate surface area is 168 Å². The van der Waals surface area contributed by atoms with Crippen molar-refractivity contribution >= 4 is 33.5 Å². The number of carbonyl (C=O) groups is 1. The number of benzene rings is 1. The molecule has 0 atom stereocenters. The molecular formula is C20H24BrN5O. The van der Waals surface area contributed by atoms with Gasteiger partial charge in [-0.15, -0.1) is 0 Å². The fourth-order valence-corrected chi connectivity index (χ4v) is 4.20. The molecule has 1 aromatic carbocycles. The number of aromatic nitrogens is 2. The van der Waals surface area contributed by atoms with Crippen LogP contribution in [0.3, 0.4) is 0 Å². The minimum atomic E-state index is 0.0822. The number of nitrogens with zero attached hydrogens (tertiary/aromatic N) is 5. The summed E-state index contributed by atoms with van der Waals surface area (Å²) >= 11 is 3.48. The van der Waals surface area contributed by atoms with Gasteiger partial charge in [-0.1, -0.05) is 12.1 Å². The first-order valence-electron chi connectivity index (χ1n) is 9.51. The number of carbonyl (C=O) groups excluding carboxylic acids is 1. The monoisotopic (exact) mass is 429 g/mol. The van der Waals surface area contributed by atoms with Crippen molar-refractivity contribution in [3.63, 3.8) is 0 Å². The fourth-order valence-electron chi connectivity index (χ4n) is 3.75. The van der Waals surface area contributed by atoms with Crippen LogP contribution in [0.2, 0.25) is 0 Å². The van der Waals surface area contributed by atoms with E-state index in [1.807, 2.05) is 36.1 Å². The third kappa shape index (κ3) is 3.93. The van der Waals surface area contributed by atoms with Crippen LogP contribution in [0.15, 0.2) is 34.8 Å². The normalized spacial score (nSPS) is 17.5. The summed E-state index contributed by atoms with van der Waals surface area (Å²) in [7, 11) is 0. The maximum atomic E-state index is 12.8. The molecule has 7 heteroatoms. The van der Waals surface area contributed by atoms with E-state index in [9.17, 15) is 4.79 Å². The maximum absolute atomic E-state index is 12.8. The van der Waals surface area contributed by atoms with Gasteiger partial charge in [0.1, 0.15) is 17.5 Å². The van der Waals surface area contributed by atoms with Crippen LogP contribution in [-0.2, 0) is 0 Å². The first kappa shape index (κ1) is 18.2. The Kier molecular flexibility index (Phi) is 5.29. The van der Waals surface area contributed by atoms with Crippen LogP contribution in [0, 0.1) is 6.92 Å². The zero-order valence-electron chi connectivity index (χ0n) is 15.6. The molecule has 4 rings (SSSR count). The van der Waals surface area contributed by atoms with Crippen molar-refractivity contribution in [2.75, 3.05) is 49.1 Å². The quantitative estimate of drug-likeness (QED) is 0.749. The third-order valence-corrected chi connectivity index (χ3v) is 5.93. The smallest absolute Gasteiger partial charge is 0.255 e. The molecule has 0 bridgehead atoms. The molecule has 2 saturated heterocycles. The van der Waals surface area contributed by atoms with E-state index >= 15 is 0 Å². The highest BCUT2D eigenvalue weighted by molar-refractivity contribution is 9.10. The van der Waals surface area contributed by atoms with Gasteiger partial charge in [-0.2, -0.15) is 0 Å². The molecule has 1 amide bonds. The van der Waals surface area contributed by atoms with Gasteiger partial charge in [0.15, 0.2) is 0 Å². The van der Waals surface area contributed by atoms with Crippen molar-refractivity contribution in [3.05, 3.63) is 46.2 Å². The standard InChI is InChI=1S/C20H24BrN5O/c1-15-22-18(24-8-4-5-9-24)14-19(23-15)25-10-12-26(13-11-25)20(27)16-6-2-3-7-17(16)21/h2-3,6-7,14H,4-5,8-13H2,1H3. The summed E-state index contributed by atoms with van der Waals surface area (Å²) in [4.78, 5) is 28.6. The minimum Gasteiger partial charge on any atom is -0.356 e. The predicted molar refractivity (Wildman–Crippen MR) is 110 cm³/mol.